The van der Waals surface area contributed by atoms with Crippen LogP contribution in [0.3, 0.4) is 0 Å². The molecule has 0 bridgehead atoms. The van der Waals surface area contributed by atoms with E-state index in [1.54, 1.807) is 6.07 Å². The van der Waals surface area contributed by atoms with Gasteiger partial charge in [-0.3, -0.25) is 19.9 Å². The number of imide groups is 1. The summed E-state index contributed by atoms with van der Waals surface area (Å²) >= 11 is 0. The fraction of sp³-hybridized carbons (Fsp3) is 0.273. The molecular formula is C22H25FN4O2. The molecule has 2 N–H and O–H groups in total. The van der Waals surface area contributed by atoms with Crippen LogP contribution in [0.5, 0.6) is 0 Å². The molecule has 1 aliphatic rings. The van der Waals surface area contributed by atoms with Crippen LogP contribution in [0.25, 0.3) is 6.08 Å². The molecule has 1 heterocycles. The van der Waals surface area contributed by atoms with Gasteiger partial charge in [0.25, 0.3) is 0 Å². The smallest absolute Gasteiger partial charge is 0.305 e. The maximum absolute atomic E-state index is 13.5. The van der Waals surface area contributed by atoms with E-state index in [4.69, 9.17) is 0 Å². The molecule has 29 heavy (non-hydrogen) atoms. The number of hydrogen-bond acceptors (Lipinski definition) is 4. The molecule has 6 nitrogen and oxygen atoms in total. The number of carbonyl (C=O) groups is 2. The molecule has 0 spiro atoms. The Hall–Kier alpha value is -3.03. The van der Waals surface area contributed by atoms with Gasteiger partial charge in [-0.2, -0.15) is 0 Å². The summed E-state index contributed by atoms with van der Waals surface area (Å²) in [6.07, 6.45) is 4.25. The summed E-state index contributed by atoms with van der Waals surface area (Å²) in [4.78, 5) is 28.3. The Morgan fingerprint density at radius 3 is 2.31 bits per heavy atom. The Labute approximate surface area is 170 Å². The topological polar surface area (TPSA) is 64.7 Å². The van der Waals surface area contributed by atoms with Crippen LogP contribution in [0, 0.1) is 5.82 Å². The summed E-state index contributed by atoms with van der Waals surface area (Å²) in [6, 6.07) is 15.2. The van der Waals surface area contributed by atoms with Gasteiger partial charge in [0, 0.05) is 32.7 Å². The van der Waals surface area contributed by atoms with Crippen molar-refractivity contribution < 1.29 is 14.0 Å². The Kier molecular flexibility index (Phi) is 7.49. The molecule has 152 valence electrons. The van der Waals surface area contributed by atoms with Crippen molar-refractivity contribution in [2.45, 2.75) is 0 Å². The lowest BCUT2D eigenvalue weighted by molar-refractivity contribution is -0.121. The van der Waals surface area contributed by atoms with Crippen LogP contribution in [0.2, 0.25) is 0 Å². The first-order chi connectivity index (χ1) is 14.1. The van der Waals surface area contributed by atoms with E-state index in [0.717, 1.165) is 32.7 Å². The van der Waals surface area contributed by atoms with Crippen molar-refractivity contribution in [2.24, 2.45) is 0 Å². The Balaban J connectivity index is 1.35. The van der Waals surface area contributed by atoms with Crippen LogP contribution < -0.4 is 10.6 Å². The number of nitrogens with zero attached hydrogens (tertiary/aromatic N) is 2. The van der Waals surface area contributed by atoms with E-state index in [1.165, 1.54) is 23.8 Å². The fourth-order valence-corrected chi connectivity index (χ4v) is 3.12. The molecule has 1 fully saturated rings. The van der Waals surface area contributed by atoms with E-state index in [9.17, 15) is 14.0 Å². The summed E-state index contributed by atoms with van der Waals surface area (Å²) in [5.41, 5.74) is 1.21. The summed E-state index contributed by atoms with van der Waals surface area (Å²) in [5, 5.41) is 4.59. The Morgan fingerprint density at radius 1 is 0.931 bits per heavy atom. The number of carbonyl (C=O) groups excluding carboxylic acids is 2. The number of rotatable bonds is 6. The van der Waals surface area contributed by atoms with Gasteiger partial charge in [-0.15, -0.1) is 0 Å². The van der Waals surface area contributed by atoms with E-state index in [-0.39, 0.29) is 12.2 Å². The van der Waals surface area contributed by atoms with E-state index in [0.29, 0.717) is 0 Å². The maximum atomic E-state index is 13.5. The zero-order valence-electron chi connectivity index (χ0n) is 16.2. The lowest BCUT2D eigenvalue weighted by Gasteiger charge is -2.33. The van der Waals surface area contributed by atoms with Crippen LogP contribution in [-0.4, -0.2) is 61.0 Å². The second kappa shape index (κ2) is 10.5. The number of para-hydroxylation sites is 1. The number of anilines is 1. The number of amides is 3. The van der Waals surface area contributed by atoms with Crippen molar-refractivity contribution >= 4 is 23.7 Å². The summed E-state index contributed by atoms with van der Waals surface area (Å²) in [6.45, 7) is 4.21. The monoisotopic (exact) mass is 396 g/mol. The van der Waals surface area contributed by atoms with Gasteiger partial charge in [-0.25, -0.2) is 9.18 Å². The van der Waals surface area contributed by atoms with E-state index in [2.05, 4.69) is 39.8 Å². The molecule has 3 amide bonds. The number of urea groups is 1. The largest absolute Gasteiger partial charge is 0.326 e. The average Bonchev–Trinajstić information content (AvgIpc) is 2.72. The van der Waals surface area contributed by atoms with Gasteiger partial charge in [-0.1, -0.05) is 54.6 Å². The molecule has 1 saturated heterocycles. The first-order valence-electron chi connectivity index (χ1n) is 9.62. The average molecular weight is 396 g/mol. The third-order valence-corrected chi connectivity index (χ3v) is 4.68. The molecule has 2 aromatic carbocycles. The predicted molar refractivity (Wildman–Crippen MR) is 112 cm³/mol. The summed E-state index contributed by atoms with van der Waals surface area (Å²) < 4.78 is 13.5. The summed E-state index contributed by atoms with van der Waals surface area (Å²) in [5.74, 6) is -0.955. The van der Waals surface area contributed by atoms with Gasteiger partial charge in [-0.05, 0) is 17.7 Å². The minimum atomic E-state index is -0.732. The number of benzene rings is 2. The number of nitrogens with one attached hydrogen (secondary N) is 2. The molecule has 0 unspecified atom stereocenters. The molecule has 0 aliphatic carbocycles. The second-order valence-electron chi connectivity index (χ2n) is 6.87. The zero-order chi connectivity index (χ0) is 20.5. The van der Waals surface area contributed by atoms with Gasteiger partial charge in [0.05, 0.1) is 12.2 Å². The van der Waals surface area contributed by atoms with Gasteiger partial charge in [0.15, 0.2) is 0 Å². The molecular weight excluding hydrogens is 371 g/mol. The van der Waals surface area contributed by atoms with Gasteiger partial charge >= 0.3 is 6.03 Å². The van der Waals surface area contributed by atoms with Gasteiger partial charge < -0.3 is 5.32 Å². The van der Waals surface area contributed by atoms with Crippen LogP contribution in [0.15, 0.2) is 60.7 Å². The van der Waals surface area contributed by atoms with E-state index < -0.39 is 17.8 Å². The summed E-state index contributed by atoms with van der Waals surface area (Å²) in [7, 11) is 0. The molecule has 3 rings (SSSR count). The highest BCUT2D eigenvalue weighted by molar-refractivity contribution is 6.01. The van der Waals surface area contributed by atoms with Gasteiger partial charge in [0.2, 0.25) is 5.91 Å². The highest BCUT2D eigenvalue weighted by Crippen LogP contribution is 2.11. The van der Waals surface area contributed by atoms with Crippen molar-refractivity contribution in [2.75, 3.05) is 44.6 Å². The molecule has 1 aliphatic heterocycles. The quantitative estimate of drug-likeness (QED) is 0.788. The van der Waals surface area contributed by atoms with Crippen LogP contribution in [-0.2, 0) is 4.79 Å². The van der Waals surface area contributed by atoms with Crippen molar-refractivity contribution in [3.63, 3.8) is 0 Å². The standard InChI is InChI=1S/C22H25FN4O2/c23-19-10-4-5-11-20(19)24-22(29)25-21(28)17-27-15-13-26(14-16-27)12-6-9-18-7-2-1-3-8-18/h1-11H,12-17H2,(H2,24,25,28,29)/b9-6+. The third kappa shape index (κ3) is 6.81. The van der Waals surface area contributed by atoms with Gasteiger partial charge in [0.1, 0.15) is 5.82 Å². The first kappa shape index (κ1) is 20.7. The van der Waals surface area contributed by atoms with E-state index >= 15 is 0 Å². The Bertz CT molecular complexity index is 849. The minimum absolute atomic E-state index is 0.0370. The first-order valence-corrected chi connectivity index (χ1v) is 9.62. The molecule has 0 saturated carbocycles. The highest BCUT2D eigenvalue weighted by Gasteiger charge is 2.19. The predicted octanol–water partition coefficient (Wildman–Crippen LogP) is 2.80. The minimum Gasteiger partial charge on any atom is -0.305 e. The SMILES string of the molecule is O=C(CN1CCN(C/C=C/c2ccccc2)CC1)NC(=O)Nc1ccccc1F. The molecule has 0 atom stereocenters. The Morgan fingerprint density at radius 2 is 1.59 bits per heavy atom. The van der Waals surface area contributed by atoms with Crippen molar-refractivity contribution in [1.82, 2.24) is 15.1 Å². The highest BCUT2D eigenvalue weighted by atomic mass is 19.1. The fourth-order valence-electron chi connectivity index (χ4n) is 3.12. The zero-order valence-corrected chi connectivity index (χ0v) is 16.2. The normalized spacial score (nSPS) is 15.3. The lowest BCUT2D eigenvalue weighted by Crippen LogP contribution is -2.50. The molecule has 0 aromatic heterocycles. The molecule has 2 aromatic rings. The van der Waals surface area contributed by atoms with Crippen molar-refractivity contribution in [1.29, 1.82) is 0 Å². The van der Waals surface area contributed by atoms with Crippen molar-refractivity contribution in [3.8, 4) is 0 Å². The second-order valence-corrected chi connectivity index (χ2v) is 6.87. The third-order valence-electron chi connectivity index (χ3n) is 4.68. The van der Waals surface area contributed by atoms with E-state index in [1.807, 2.05) is 23.1 Å². The molecule has 7 heteroatoms. The van der Waals surface area contributed by atoms with Crippen LogP contribution >= 0.6 is 0 Å². The maximum Gasteiger partial charge on any atom is 0.326 e. The van der Waals surface area contributed by atoms with Crippen molar-refractivity contribution in [3.05, 3.63) is 72.1 Å². The molecule has 0 radical (unpaired) electrons. The number of halogens is 1. The number of piperazine rings is 1. The lowest BCUT2D eigenvalue weighted by atomic mass is 10.2. The van der Waals surface area contributed by atoms with Crippen LogP contribution in [0.1, 0.15) is 5.56 Å². The van der Waals surface area contributed by atoms with Crippen LogP contribution in [0.4, 0.5) is 14.9 Å². The number of hydrogen-bond donors (Lipinski definition) is 2.